The number of ether oxygens (including phenoxy) is 1. The zero-order valence-corrected chi connectivity index (χ0v) is 21.7. The molecule has 8 heteroatoms. The molecule has 1 amide bonds. The summed E-state index contributed by atoms with van der Waals surface area (Å²) in [6, 6.07) is 25.0. The highest BCUT2D eigenvalue weighted by molar-refractivity contribution is 7.95. The van der Waals surface area contributed by atoms with E-state index in [9.17, 15) is 13.6 Å². The van der Waals surface area contributed by atoms with Crippen molar-refractivity contribution in [1.29, 1.82) is 0 Å². The van der Waals surface area contributed by atoms with Crippen LogP contribution in [0.5, 0.6) is 0 Å². The Morgan fingerprint density at radius 3 is 2.19 bits per heavy atom. The van der Waals surface area contributed by atoms with Gasteiger partial charge in [-0.15, -0.1) is 0 Å². The number of amides is 1. The van der Waals surface area contributed by atoms with Crippen LogP contribution in [0.4, 0.5) is 5.69 Å². The van der Waals surface area contributed by atoms with Crippen molar-refractivity contribution in [2.45, 2.75) is 30.2 Å². The third-order valence-electron chi connectivity index (χ3n) is 7.22. The maximum Gasteiger partial charge on any atom is 0.325 e. The third-order valence-corrected chi connectivity index (χ3v) is 9.17. The molecule has 0 radical (unpaired) electrons. The van der Waals surface area contributed by atoms with Gasteiger partial charge in [-0.2, -0.15) is 4.55 Å². The summed E-state index contributed by atoms with van der Waals surface area (Å²) in [4.78, 5) is 15.6. The number of hydrogen-bond donors (Lipinski definition) is 2. The predicted octanol–water partition coefficient (Wildman–Crippen LogP) is 4.90. The summed E-state index contributed by atoms with van der Waals surface area (Å²) >= 11 is 0. The van der Waals surface area contributed by atoms with Gasteiger partial charge < -0.3 is 10.1 Å². The lowest BCUT2D eigenvalue weighted by molar-refractivity contribution is 0.0700. The van der Waals surface area contributed by atoms with Gasteiger partial charge in [0.2, 0.25) is 4.90 Å². The molecule has 0 spiro atoms. The molecule has 2 saturated heterocycles. The topological polar surface area (TPSA) is 82.1 Å². The van der Waals surface area contributed by atoms with Crippen LogP contribution in [-0.4, -0.2) is 59.1 Å². The van der Waals surface area contributed by atoms with Gasteiger partial charge in [0.15, 0.2) is 0 Å². The second kappa shape index (κ2) is 11.7. The van der Waals surface area contributed by atoms with Crippen molar-refractivity contribution in [3.8, 4) is 0 Å². The molecular weight excluding hydrogens is 486 g/mol. The van der Waals surface area contributed by atoms with Crippen molar-refractivity contribution < 1.29 is 18.3 Å². The first-order valence-corrected chi connectivity index (χ1v) is 14.3. The fourth-order valence-corrected chi connectivity index (χ4v) is 6.46. The van der Waals surface area contributed by atoms with Crippen molar-refractivity contribution in [3.05, 3.63) is 95.6 Å². The molecule has 7 nitrogen and oxygen atoms in total. The summed E-state index contributed by atoms with van der Waals surface area (Å²) in [5, 5.41) is 2.88. The van der Waals surface area contributed by atoms with Gasteiger partial charge in [-0.3, -0.25) is 9.69 Å². The Kier molecular flexibility index (Phi) is 8.12. The van der Waals surface area contributed by atoms with Crippen LogP contribution >= 0.6 is 0 Å². The van der Waals surface area contributed by atoms with E-state index < -0.39 is 10.4 Å². The van der Waals surface area contributed by atoms with Crippen LogP contribution < -0.4 is 5.32 Å². The van der Waals surface area contributed by atoms with E-state index in [2.05, 4.69) is 40.5 Å². The van der Waals surface area contributed by atoms with E-state index in [1.807, 2.05) is 24.3 Å². The lowest BCUT2D eigenvalue weighted by atomic mass is 9.89. The third kappa shape index (κ3) is 6.34. The molecule has 0 saturated carbocycles. The van der Waals surface area contributed by atoms with Gasteiger partial charge in [0.05, 0.1) is 26.3 Å². The average Bonchev–Trinajstić information content (AvgIpc) is 2.95. The van der Waals surface area contributed by atoms with Gasteiger partial charge in [-0.05, 0) is 71.5 Å². The number of carbonyl (C=O) groups excluding carboxylic acids is 1. The second-order valence-corrected chi connectivity index (χ2v) is 11.7. The molecular formula is C29H34N3O4S+. The first-order valence-electron chi connectivity index (χ1n) is 12.9. The van der Waals surface area contributed by atoms with Gasteiger partial charge in [0, 0.05) is 29.9 Å². The molecule has 2 aliphatic rings. The van der Waals surface area contributed by atoms with E-state index in [0.29, 0.717) is 48.4 Å². The molecule has 0 bridgehead atoms. The molecule has 0 aliphatic carbocycles. The monoisotopic (exact) mass is 520 g/mol. The zero-order valence-electron chi connectivity index (χ0n) is 20.9. The van der Waals surface area contributed by atoms with E-state index in [-0.39, 0.29) is 5.91 Å². The van der Waals surface area contributed by atoms with Crippen molar-refractivity contribution >= 4 is 22.0 Å². The quantitative estimate of drug-likeness (QED) is 0.433. The minimum atomic E-state index is -3.31. The van der Waals surface area contributed by atoms with Crippen LogP contribution in [0.15, 0.2) is 83.8 Å². The van der Waals surface area contributed by atoms with E-state index in [4.69, 9.17) is 4.74 Å². The molecule has 2 heterocycles. The molecule has 37 heavy (non-hydrogen) atoms. The highest BCUT2D eigenvalue weighted by atomic mass is 32.3. The maximum atomic E-state index is 12.9. The number of nitrogens with zero attached hydrogens (tertiary/aromatic N) is 2. The number of hydrogen-bond acceptors (Lipinski definition) is 4. The van der Waals surface area contributed by atoms with Crippen LogP contribution in [-0.2, 0) is 25.9 Å². The van der Waals surface area contributed by atoms with Crippen LogP contribution in [0.25, 0.3) is 0 Å². The van der Waals surface area contributed by atoms with Crippen molar-refractivity contribution in [1.82, 2.24) is 9.21 Å². The Balaban J connectivity index is 1.13. The molecule has 1 unspecified atom stereocenters. The number of carbonyl (C=O) groups is 1. The van der Waals surface area contributed by atoms with Crippen molar-refractivity contribution in [2.75, 3.05) is 44.7 Å². The first-order chi connectivity index (χ1) is 18.0. The standard InChI is InChI=1S/C29H33N3O4S/c33-29(30-27-10-12-28(13-11-27)37(34,35)32-18-20-36-21-19-32)26-8-6-23(7-9-26)22-31-16-14-25(15-17-31)24-4-2-1-3-5-24/h1-13,25H,14-22H2,(H-,30,33,34,35)/p+1. The number of likely N-dealkylation sites (tertiary alicyclic amines) is 1. The second-order valence-electron chi connectivity index (χ2n) is 9.67. The molecule has 194 valence electrons. The summed E-state index contributed by atoms with van der Waals surface area (Å²) in [7, 11) is -3.31. The predicted molar refractivity (Wildman–Crippen MR) is 146 cm³/mol. The van der Waals surface area contributed by atoms with Crippen LogP contribution in [0.1, 0.15) is 40.2 Å². The summed E-state index contributed by atoms with van der Waals surface area (Å²) in [6.45, 7) is 4.74. The smallest absolute Gasteiger partial charge is 0.325 e. The Hall–Kier alpha value is -2.88. The number of rotatable bonds is 7. The average molecular weight is 521 g/mol. The fraction of sp³-hybridized carbons (Fsp3) is 0.345. The molecule has 2 fully saturated rings. The Morgan fingerprint density at radius 2 is 1.54 bits per heavy atom. The summed E-state index contributed by atoms with van der Waals surface area (Å²) in [6.07, 6.45) is 2.34. The molecule has 3 aromatic carbocycles. The lowest BCUT2D eigenvalue weighted by Gasteiger charge is -2.32. The first kappa shape index (κ1) is 25.8. The Bertz CT molecular complexity index is 1220. The van der Waals surface area contributed by atoms with Gasteiger partial charge in [-0.1, -0.05) is 46.8 Å². The van der Waals surface area contributed by atoms with Gasteiger partial charge in [0.25, 0.3) is 5.91 Å². The van der Waals surface area contributed by atoms with Gasteiger partial charge in [-0.25, -0.2) is 0 Å². The number of anilines is 1. The van der Waals surface area contributed by atoms with E-state index in [0.717, 1.165) is 19.6 Å². The molecule has 2 N–H and O–H groups in total. The largest absolute Gasteiger partial charge is 0.378 e. The van der Waals surface area contributed by atoms with Crippen LogP contribution in [0, 0.1) is 0 Å². The molecule has 2 aliphatic heterocycles. The Labute approximate surface area is 219 Å². The minimum absolute atomic E-state index is 0.208. The number of piperidine rings is 1. The normalized spacial score (nSPS) is 19.3. The number of nitrogens with one attached hydrogen (secondary N) is 1. The number of morpholine rings is 1. The molecule has 0 aromatic heterocycles. The molecule has 5 rings (SSSR count). The molecule has 3 aromatic rings. The lowest BCUT2D eigenvalue weighted by Crippen LogP contribution is -2.43. The van der Waals surface area contributed by atoms with Crippen LogP contribution in [0.2, 0.25) is 0 Å². The van der Waals surface area contributed by atoms with E-state index in [1.54, 1.807) is 24.3 Å². The van der Waals surface area contributed by atoms with Crippen molar-refractivity contribution in [2.24, 2.45) is 0 Å². The number of benzene rings is 3. The summed E-state index contributed by atoms with van der Waals surface area (Å²) < 4.78 is 30.3. The highest BCUT2D eigenvalue weighted by Gasteiger charge is 2.39. The molecule has 1 atom stereocenters. The van der Waals surface area contributed by atoms with E-state index >= 15 is 0 Å². The SMILES string of the molecule is O=C(Nc1ccc([S+](=O)(O)N2CCOCC2)cc1)c1ccc(CN2CCC(c3ccccc3)CC2)cc1. The Morgan fingerprint density at radius 1 is 0.892 bits per heavy atom. The fourth-order valence-electron chi connectivity index (χ4n) is 5.03. The maximum absolute atomic E-state index is 12.9. The van der Waals surface area contributed by atoms with Gasteiger partial charge in [0.1, 0.15) is 0 Å². The van der Waals surface area contributed by atoms with Crippen LogP contribution in [0.3, 0.4) is 0 Å². The summed E-state index contributed by atoms with van der Waals surface area (Å²) in [5.41, 5.74) is 3.79. The van der Waals surface area contributed by atoms with Crippen molar-refractivity contribution in [3.63, 3.8) is 0 Å². The minimum Gasteiger partial charge on any atom is -0.378 e. The van der Waals surface area contributed by atoms with E-state index in [1.165, 1.54) is 28.3 Å². The van der Waals surface area contributed by atoms with Gasteiger partial charge >= 0.3 is 10.4 Å². The highest BCUT2D eigenvalue weighted by Crippen LogP contribution is 2.28. The summed E-state index contributed by atoms with van der Waals surface area (Å²) in [5.74, 6) is 0.432. The zero-order chi connectivity index (χ0) is 25.7.